The lowest BCUT2D eigenvalue weighted by molar-refractivity contribution is 0.163. The standard InChI is InChI=1S/C16H20N4O3/c1-22-10-15-14(19-11-23-15)8-18-13-5-3-2-4-12(13)9-20-7-6-17-16(20)21/h2-5,11,18H,6-10H2,1H3,(H,17,21). The molecule has 3 rings (SSSR count). The molecular weight excluding hydrogens is 296 g/mol. The van der Waals surface area contributed by atoms with E-state index in [-0.39, 0.29) is 6.03 Å². The van der Waals surface area contributed by atoms with Crippen molar-refractivity contribution in [2.24, 2.45) is 0 Å². The van der Waals surface area contributed by atoms with Crippen molar-refractivity contribution in [3.05, 3.63) is 47.7 Å². The second kappa shape index (κ2) is 7.15. The van der Waals surface area contributed by atoms with Gasteiger partial charge in [-0.1, -0.05) is 18.2 Å². The number of para-hydroxylation sites is 1. The van der Waals surface area contributed by atoms with Crippen molar-refractivity contribution in [1.82, 2.24) is 15.2 Å². The van der Waals surface area contributed by atoms with Gasteiger partial charge < -0.3 is 24.7 Å². The first kappa shape index (κ1) is 15.4. The molecule has 1 aliphatic rings. The van der Waals surface area contributed by atoms with Gasteiger partial charge in [-0.15, -0.1) is 0 Å². The minimum Gasteiger partial charge on any atom is -0.446 e. The molecule has 0 unspecified atom stereocenters. The number of nitrogens with one attached hydrogen (secondary N) is 2. The Morgan fingerprint density at radius 3 is 3.09 bits per heavy atom. The molecule has 2 heterocycles. The summed E-state index contributed by atoms with van der Waals surface area (Å²) in [5.74, 6) is 0.719. The molecular formula is C16H20N4O3. The van der Waals surface area contributed by atoms with Crippen molar-refractivity contribution < 1.29 is 13.9 Å². The Morgan fingerprint density at radius 1 is 1.43 bits per heavy atom. The molecule has 2 amide bonds. The highest BCUT2D eigenvalue weighted by molar-refractivity contribution is 5.76. The van der Waals surface area contributed by atoms with Crippen LogP contribution in [0.1, 0.15) is 17.0 Å². The number of ether oxygens (including phenoxy) is 1. The number of hydrogen-bond donors (Lipinski definition) is 2. The van der Waals surface area contributed by atoms with Crippen molar-refractivity contribution in [2.75, 3.05) is 25.5 Å². The van der Waals surface area contributed by atoms with E-state index in [0.29, 0.717) is 26.2 Å². The monoisotopic (exact) mass is 316 g/mol. The van der Waals surface area contributed by atoms with E-state index in [1.165, 1.54) is 6.39 Å². The number of anilines is 1. The molecule has 0 radical (unpaired) electrons. The predicted molar refractivity (Wildman–Crippen MR) is 84.8 cm³/mol. The van der Waals surface area contributed by atoms with E-state index in [4.69, 9.17) is 9.15 Å². The molecule has 122 valence electrons. The van der Waals surface area contributed by atoms with Gasteiger partial charge in [-0.2, -0.15) is 0 Å². The van der Waals surface area contributed by atoms with Crippen molar-refractivity contribution in [3.8, 4) is 0 Å². The fourth-order valence-electron chi connectivity index (χ4n) is 2.56. The molecule has 1 aliphatic heterocycles. The zero-order chi connectivity index (χ0) is 16.1. The fourth-order valence-corrected chi connectivity index (χ4v) is 2.56. The number of rotatable bonds is 7. The van der Waals surface area contributed by atoms with E-state index in [9.17, 15) is 4.79 Å². The molecule has 1 aromatic heterocycles. The summed E-state index contributed by atoms with van der Waals surface area (Å²) in [6.45, 7) is 2.95. The van der Waals surface area contributed by atoms with E-state index in [1.54, 1.807) is 12.0 Å². The lowest BCUT2D eigenvalue weighted by Crippen LogP contribution is -2.27. The van der Waals surface area contributed by atoms with Crippen LogP contribution >= 0.6 is 0 Å². The molecule has 7 nitrogen and oxygen atoms in total. The van der Waals surface area contributed by atoms with Gasteiger partial charge in [0.15, 0.2) is 12.2 Å². The van der Waals surface area contributed by atoms with Crippen molar-refractivity contribution in [3.63, 3.8) is 0 Å². The second-order valence-corrected chi connectivity index (χ2v) is 5.32. The summed E-state index contributed by atoms with van der Waals surface area (Å²) in [6.07, 6.45) is 1.42. The summed E-state index contributed by atoms with van der Waals surface area (Å²) in [5.41, 5.74) is 2.88. The summed E-state index contributed by atoms with van der Waals surface area (Å²) in [7, 11) is 1.62. The Hall–Kier alpha value is -2.54. The number of benzene rings is 1. The number of carbonyl (C=O) groups excluding carboxylic acids is 1. The van der Waals surface area contributed by atoms with Crippen molar-refractivity contribution in [2.45, 2.75) is 19.7 Å². The predicted octanol–water partition coefficient (Wildman–Crippen LogP) is 1.96. The third kappa shape index (κ3) is 3.62. The normalized spacial score (nSPS) is 14.1. The van der Waals surface area contributed by atoms with Crippen LogP contribution in [0.3, 0.4) is 0 Å². The summed E-state index contributed by atoms with van der Waals surface area (Å²) in [6, 6.07) is 7.95. The van der Waals surface area contributed by atoms with E-state index < -0.39 is 0 Å². The van der Waals surface area contributed by atoms with Gasteiger partial charge in [0.2, 0.25) is 0 Å². The van der Waals surface area contributed by atoms with Crippen LogP contribution in [0.5, 0.6) is 0 Å². The van der Waals surface area contributed by atoms with Crippen LogP contribution < -0.4 is 10.6 Å². The van der Waals surface area contributed by atoms with Crippen LogP contribution in [-0.4, -0.2) is 36.1 Å². The number of carbonyl (C=O) groups is 1. The largest absolute Gasteiger partial charge is 0.446 e. The molecule has 2 aromatic rings. The highest BCUT2D eigenvalue weighted by Gasteiger charge is 2.20. The zero-order valence-corrected chi connectivity index (χ0v) is 13.0. The maximum atomic E-state index is 11.7. The number of amides is 2. The first-order chi connectivity index (χ1) is 11.3. The molecule has 0 saturated carbocycles. The third-order valence-electron chi connectivity index (χ3n) is 3.77. The highest BCUT2D eigenvalue weighted by Crippen LogP contribution is 2.19. The summed E-state index contributed by atoms with van der Waals surface area (Å²) in [4.78, 5) is 17.7. The number of hydrogen-bond acceptors (Lipinski definition) is 5. The van der Waals surface area contributed by atoms with Gasteiger partial charge in [0.25, 0.3) is 0 Å². The van der Waals surface area contributed by atoms with Gasteiger partial charge in [-0.25, -0.2) is 9.78 Å². The summed E-state index contributed by atoms with van der Waals surface area (Å²) in [5, 5.41) is 6.18. The van der Waals surface area contributed by atoms with Crippen LogP contribution in [0.25, 0.3) is 0 Å². The zero-order valence-electron chi connectivity index (χ0n) is 13.0. The first-order valence-electron chi connectivity index (χ1n) is 7.52. The fraction of sp³-hybridized carbons (Fsp3) is 0.375. The average Bonchev–Trinajstić information content (AvgIpc) is 3.17. The van der Waals surface area contributed by atoms with Gasteiger partial charge in [0.05, 0.1) is 6.54 Å². The SMILES string of the molecule is COCc1ocnc1CNc1ccccc1CN1CCNC1=O. The van der Waals surface area contributed by atoms with Gasteiger partial charge in [0, 0.05) is 32.4 Å². The van der Waals surface area contributed by atoms with Crippen LogP contribution in [0, 0.1) is 0 Å². The van der Waals surface area contributed by atoms with E-state index >= 15 is 0 Å². The molecule has 1 fully saturated rings. The molecule has 0 spiro atoms. The molecule has 0 atom stereocenters. The third-order valence-corrected chi connectivity index (χ3v) is 3.77. The second-order valence-electron chi connectivity index (χ2n) is 5.32. The molecule has 2 N–H and O–H groups in total. The van der Waals surface area contributed by atoms with Crippen LogP contribution in [0.15, 0.2) is 35.1 Å². The number of nitrogens with zero attached hydrogens (tertiary/aromatic N) is 2. The Morgan fingerprint density at radius 2 is 2.30 bits per heavy atom. The van der Waals surface area contributed by atoms with Gasteiger partial charge in [-0.3, -0.25) is 0 Å². The topological polar surface area (TPSA) is 79.6 Å². The van der Waals surface area contributed by atoms with Crippen molar-refractivity contribution >= 4 is 11.7 Å². The summed E-state index contributed by atoms with van der Waals surface area (Å²) >= 11 is 0. The van der Waals surface area contributed by atoms with E-state index in [0.717, 1.165) is 29.2 Å². The summed E-state index contributed by atoms with van der Waals surface area (Å²) < 4.78 is 10.4. The number of oxazole rings is 1. The first-order valence-corrected chi connectivity index (χ1v) is 7.52. The number of aromatic nitrogens is 1. The Balaban J connectivity index is 1.68. The van der Waals surface area contributed by atoms with Crippen molar-refractivity contribution in [1.29, 1.82) is 0 Å². The van der Waals surface area contributed by atoms with Crippen LogP contribution in [-0.2, 0) is 24.4 Å². The molecule has 1 aromatic carbocycles. The maximum absolute atomic E-state index is 11.7. The van der Waals surface area contributed by atoms with Gasteiger partial charge in [-0.05, 0) is 11.6 Å². The molecule has 0 bridgehead atoms. The lowest BCUT2D eigenvalue weighted by Gasteiger charge is -2.17. The van der Waals surface area contributed by atoms with Crippen LogP contribution in [0.4, 0.5) is 10.5 Å². The van der Waals surface area contributed by atoms with Gasteiger partial charge >= 0.3 is 6.03 Å². The molecule has 23 heavy (non-hydrogen) atoms. The smallest absolute Gasteiger partial charge is 0.317 e. The number of methoxy groups -OCH3 is 1. The minimum absolute atomic E-state index is 0.0151. The Kier molecular flexibility index (Phi) is 4.77. The molecule has 7 heteroatoms. The van der Waals surface area contributed by atoms with E-state index in [1.807, 2.05) is 24.3 Å². The van der Waals surface area contributed by atoms with Gasteiger partial charge in [0.1, 0.15) is 12.3 Å². The average molecular weight is 316 g/mol. The number of urea groups is 1. The Labute approximate surface area is 134 Å². The highest BCUT2D eigenvalue weighted by atomic mass is 16.5. The minimum atomic E-state index is -0.0151. The lowest BCUT2D eigenvalue weighted by atomic mass is 10.1. The Bertz CT molecular complexity index is 671. The van der Waals surface area contributed by atoms with E-state index in [2.05, 4.69) is 15.6 Å². The van der Waals surface area contributed by atoms with Crippen LogP contribution in [0.2, 0.25) is 0 Å². The quantitative estimate of drug-likeness (QED) is 0.816. The maximum Gasteiger partial charge on any atom is 0.317 e. The molecule has 0 aliphatic carbocycles. The molecule has 1 saturated heterocycles.